The number of halogens is 3. The zero-order chi connectivity index (χ0) is 16.6. The number of alkyl halides is 3. The highest BCUT2D eigenvalue weighted by molar-refractivity contribution is 7.19. The first kappa shape index (κ1) is 15.2. The molecule has 0 atom stereocenters. The Balaban J connectivity index is 2.05. The smallest absolute Gasteiger partial charge is 0.275 e. The minimum atomic E-state index is -4.42. The van der Waals surface area contributed by atoms with Crippen LogP contribution < -0.4 is 0 Å². The maximum absolute atomic E-state index is 12.7. The third kappa shape index (κ3) is 3.10. The largest absolute Gasteiger partial charge is 0.416 e. The van der Waals surface area contributed by atoms with Crippen molar-refractivity contribution in [1.82, 2.24) is 14.8 Å². The number of benzene rings is 1. The third-order valence-electron chi connectivity index (χ3n) is 3.10. The lowest BCUT2D eigenvalue weighted by Crippen LogP contribution is -2.03. The third-order valence-corrected chi connectivity index (χ3v) is 4.17. The van der Waals surface area contributed by atoms with E-state index in [2.05, 4.69) is 10.1 Å². The summed E-state index contributed by atoms with van der Waals surface area (Å²) in [6.07, 6.45) is 0.510. The Hall–Kier alpha value is -2.66. The zero-order valence-corrected chi connectivity index (χ0v) is 12.6. The van der Waals surface area contributed by atoms with E-state index in [1.54, 1.807) is 30.2 Å². The number of thiazole rings is 1. The average molecular weight is 334 g/mol. The number of aromatic nitrogens is 3. The summed E-state index contributed by atoms with van der Waals surface area (Å²) in [4.78, 5) is 4.16. The molecule has 8 heteroatoms. The predicted molar refractivity (Wildman–Crippen MR) is 81.3 cm³/mol. The molecule has 116 valence electrons. The van der Waals surface area contributed by atoms with Crippen LogP contribution in [0.1, 0.15) is 16.1 Å². The van der Waals surface area contributed by atoms with Crippen molar-refractivity contribution in [2.24, 2.45) is 7.05 Å². The van der Waals surface area contributed by atoms with E-state index in [9.17, 15) is 18.4 Å². The fraction of sp³-hybridized carbons (Fsp3) is 0.133. The van der Waals surface area contributed by atoms with E-state index >= 15 is 0 Å². The van der Waals surface area contributed by atoms with E-state index in [-0.39, 0.29) is 11.1 Å². The van der Waals surface area contributed by atoms with E-state index in [0.717, 1.165) is 17.7 Å². The molecule has 1 aromatic carbocycles. The highest BCUT2D eigenvalue weighted by atomic mass is 32.1. The lowest BCUT2D eigenvalue weighted by molar-refractivity contribution is -0.137. The van der Waals surface area contributed by atoms with Gasteiger partial charge in [-0.05, 0) is 24.3 Å². The maximum Gasteiger partial charge on any atom is 0.416 e. The molecular formula is C15H9F3N4S. The van der Waals surface area contributed by atoms with Crippen molar-refractivity contribution in [3.05, 3.63) is 46.7 Å². The molecule has 0 aliphatic carbocycles. The summed E-state index contributed by atoms with van der Waals surface area (Å²) in [6.45, 7) is 0. The number of hydrogen-bond donors (Lipinski definition) is 0. The van der Waals surface area contributed by atoms with Crippen molar-refractivity contribution in [3.63, 3.8) is 0 Å². The summed E-state index contributed by atoms with van der Waals surface area (Å²) in [5, 5.41) is 13.7. The van der Waals surface area contributed by atoms with Crippen molar-refractivity contribution in [2.75, 3.05) is 0 Å². The molecule has 0 N–H and O–H groups in total. The summed E-state index contributed by atoms with van der Waals surface area (Å²) < 4.78 is 40.4. The normalized spacial score (nSPS) is 12.6. The first-order chi connectivity index (χ1) is 10.9. The number of aryl methyl sites for hydroxylation is 1. The van der Waals surface area contributed by atoms with Gasteiger partial charge in [-0.2, -0.15) is 23.5 Å². The molecule has 0 bridgehead atoms. The average Bonchev–Trinajstić information content (AvgIpc) is 3.08. The molecule has 3 aromatic rings. The summed E-state index contributed by atoms with van der Waals surface area (Å²) in [6, 6.07) is 5.41. The van der Waals surface area contributed by atoms with Crippen molar-refractivity contribution in [3.8, 4) is 6.07 Å². The summed E-state index contributed by atoms with van der Waals surface area (Å²) >= 11 is 1.18. The van der Waals surface area contributed by atoms with E-state index in [4.69, 9.17) is 0 Å². The van der Waals surface area contributed by atoms with Gasteiger partial charge in [0.05, 0.1) is 27.6 Å². The number of hydrogen-bond acceptors (Lipinski definition) is 4. The topological polar surface area (TPSA) is 54.5 Å². The lowest BCUT2D eigenvalue weighted by atomic mass is 10.2. The minimum Gasteiger partial charge on any atom is -0.275 e. The SMILES string of the molecule is Cn1cc(C=C(C#N)c2nc3cc(C(F)(F)F)ccc3s2)cn1. The van der Waals surface area contributed by atoms with Gasteiger partial charge in [-0.25, -0.2) is 4.98 Å². The van der Waals surface area contributed by atoms with Crippen LogP contribution in [0.4, 0.5) is 13.2 Å². The Bertz CT molecular complexity index is 944. The Kier molecular flexibility index (Phi) is 3.66. The van der Waals surface area contributed by atoms with Crippen LogP contribution in [0.3, 0.4) is 0 Å². The second kappa shape index (κ2) is 5.52. The van der Waals surface area contributed by atoms with Crippen molar-refractivity contribution in [1.29, 1.82) is 5.26 Å². The number of fused-ring (bicyclic) bond motifs is 1. The van der Waals surface area contributed by atoms with Crippen LogP contribution in [0.2, 0.25) is 0 Å². The van der Waals surface area contributed by atoms with Crippen molar-refractivity contribution in [2.45, 2.75) is 6.18 Å². The highest BCUT2D eigenvalue weighted by Gasteiger charge is 2.30. The monoisotopic (exact) mass is 334 g/mol. The fourth-order valence-corrected chi connectivity index (χ4v) is 2.95. The fourth-order valence-electron chi connectivity index (χ4n) is 2.04. The molecule has 0 aliphatic rings. The first-order valence-corrected chi connectivity index (χ1v) is 7.27. The molecule has 0 fully saturated rings. The number of rotatable bonds is 2. The van der Waals surface area contributed by atoms with E-state index in [0.29, 0.717) is 9.71 Å². The van der Waals surface area contributed by atoms with Gasteiger partial charge in [-0.15, -0.1) is 11.3 Å². The quantitative estimate of drug-likeness (QED) is 0.663. The van der Waals surface area contributed by atoms with Crippen LogP contribution in [-0.4, -0.2) is 14.8 Å². The van der Waals surface area contributed by atoms with Crippen molar-refractivity contribution >= 4 is 33.2 Å². The summed E-state index contributed by atoms with van der Waals surface area (Å²) in [5.74, 6) is 0. The van der Waals surface area contributed by atoms with Crippen LogP contribution in [-0.2, 0) is 13.2 Å². The first-order valence-electron chi connectivity index (χ1n) is 6.45. The van der Waals surface area contributed by atoms with Gasteiger partial charge in [-0.1, -0.05) is 0 Å². The van der Waals surface area contributed by atoms with Gasteiger partial charge in [0.2, 0.25) is 0 Å². The Morgan fingerprint density at radius 3 is 2.78 bits per heavy atom. The summed E-state index contributed by atoms with van der Waals surface area (Å²) in [7, 11) is 1.75. The second-order valence-corrected chi connectivity index (χ2v) is 5.85. The molecule has 0 amide bonds. The van der Waals surface area contributed by atoms with Gasteiger partial charge in [0.15, 0.2) is 0 Å². The van der Waals surface area contributed by atoms with Gasteiger partial charge >= 0.3 is 6.18 Å². The minimum absolute atomic E-state index is 0.229. The van der Waals surface area contributed by atoms with E-state index in [1.165, 1.54) is 17.4 Å². The molecule has 0 radical (unpaired) electrons. The molecule has 4 nitrogen and oxygen atoms in total. The van der Waals surface area contributed by atoms with Gasteiger partial charge < -0.3 is 0 Å². The molecule has 23 heavy (non-hydrogen) atoms. The molecular weight excluding hydrogens is 325 g/mol. The predicted octanol–water partition coefficient (Wildman–Crippen LogP) is 4.11. The second-order valence-electron chi connectivity index (χ2n) is 4.82. The molecule has 0 unspecified atom stereocenters. The molecule has 0 aliphatic heterocycles. The number of nitrogens with zero attached hydrogens (tertiary/aromatic N) is 4. The van der Waals surface area contributed by atoms with Gasteiger partial charge in [0.1, 0.15) is 11.1 Å². The molecule has 3 rings (SSSR count). The van der Waals surface area contributed by atoms with Gasteiger partial charge in [0, 0.05) is 18.8 Å². The molecule has 2 aromatic heterocycles. The number of allylic oxidation sites excluding steroid dienone is 1. The van der Waals surface area contributed by atoms with Crippen LogP contribution >= 0.6 is 11.3 Å². The van der Waals surface area contributed by atoms with Crippen LogP contribution in [0.25, 0.3) is 21.9 Å². The Morgan fingerprint density at radius 2 is 2.17 bits per heavy atom. The van der Waals surface area contributed by atoms with Crippen molar-refractivity contribution < 1.29 is 13.2 Å². The molecule has 0 saturated carbocycles. The van der Waals surface area contributed by atoms with E-state index in [1.807, 2.05) is 6.07 Å². The number of nitriles is 1. The standard InChI is InChI=1S/C15H9F3N4S/c1-22-8-9(7-20-22)4-10(6-19)14-21-12-5-11(15(16,17)18)2-3-13(12)23-14/h2-5,7-8H,1H3. The van der Waals surface area contributed by atoms with E-state index < -0.39 is 11.7 Å². The molecule has 2 heterocycles. The lowest BCUT2D eigenvalue weighted by Gasteiger charge is -2.04. The van der Waals surface area contributed by atoms with Gasteiger partial charge in [0.25, 0.3) is 0 Å². The molecule has 0 spiro atoms. The Labute approximate surface area is 133 Å². The maximum atomic E-state index is 12.7. The highest BCUT2D eigenvalue weighted by Crippen LogP contribution is 2.34. The van der Waals surface area contributed by atoms with Gasteiger partial charge in [-0.3, -0.25) is 4.68 Å². The van der Waals surface area contributed by atoms with Crippen LogP contribution in [0.15, 0.2) is 30.6 Å². The molecule has 0 saturated heterocycles. The van der Waals surface area contributed by atoms with Crippen LogP contribution in [0, 0.1) is 11.3 Å². The zero-order valence-electron chi connectivity index (χ0n) is 11.8. The Morgan fingerprint density at radius 1 is 1.39 bits per heavy atom. The van der Waals surface area contributed by atoms with Crippen LogP contribution in [0.5, 0.6) is 0 Å². The summed E-state index contributed by atoms with van der Waals surface area (Å²) in [5.41, 5.74) is 0.482.